The minimum Gasteiger partial charge on any atom is -0.380 e. The van der Waals surface area contributed by atoms with Gasteiger partial charge in [-0.05, 0) is 18.2 Å². The number of hydrogen-bond acceptors (Lipinski definition) is 4. The van der Waals surface area contributed by atoms with E-state index in [0.717, 1.165) is 15.6 Å². The molecule has 2 aromatic rings. The first-order valence-corrected chi connectivity index (χ1v) is 6.12. The molecule has 88 valence electrons. The van der Waals surface area contributed by atoms with Gasteiger partial charge in [0.2, 0.25) is 0 Å². The molecule has 0 aliphatic rings. The summed E-state index contributed by atoms with van der Waals surface area (Å²) in [5.41, 5.74) is 0.940. The van der Waals surface area contributed by atoms with Gasteiger partial charge in [0, 0.05) is 34.6 Å². The third-order valence-electron chi connectivity index (χ3n) is 2.17. The second-order valence-corrected chi connectivity index (χ2v) is 4.82. The first kappa shape index (κ1) is 11.9. The maximum Gasteiger partial charge on any atom is 0.269 e. The van der Waals surface area contributed by atoms with Crippen LogP contribution in [0.5, 0.6) is 0 Å². The van der Waals surface area contributed by atoms with Crippen LogP contribution in [0.1, 0.15) is 4.88 Å². The van der Waals surface area contributed by atoms with Crippen molar-refractivity contribution in [3.8, 4) is 0 Å². The molecule has 0 bridgehead atoms. The fraction of sp³-hybridized carbons (Fsp3) is 0.0909. The number of nitrogens with zero attached hydrogens (tertiary/aromatic N) is 1. The van der Waals surface area contributed by atoms with Crippen molar-refractivity contribution in [3.05, 3.63) is 55.7 Å². The fourth-order valence-electron chi connectivity index (χ4n) is 1.34. The molecule has 0 aliphatic heterocycles. The monoisotopic (exact) mass is 268 g/mol. The Kier molecular flexibility index (Phi) is 3.61. The van der Waals surface area contributed by atoms with E-state index in [1.54, 1.807) is 23.5 Å². The maximum absolute atomic E-state index is 10.5. The fourth-order valence-corrected chi connectivity index (χ4v) is 2.35. The number of anilines is 1. The lowest BCUT2D eigenvalue weighted by Crippen LogP contribution is -1.97. The van der Waals surface area contributed by atoms with Crippen LogP contribution >= 0.6 is 22.9 Å². The number of nitro groups is 1. The Balaban J connectivity index is 1.97. The third-order valence-corrected chi connectivity index (χ3v) is 3.45. The van der Waals surface area contributed by atoms with Crippen LogP contribution < -0.4 is 5.32 Å². The summed E-state index contributed by atoms with van der Waals surface area (Å²) < 4.78 is 0. The number of non-ortho nitro benzene ring substituents is 1. The second-order valence-electron chi connectivity index (χ2n) is 3.39. The van der Waals surface area contributed by atoms with Crippen LogP contribution in [0.3, 0.4) is 0 Å². The van der Waals surface area contributed by atoms with Crippen LogP contribution in [0.15, 0.2) is 35.7 Å². The van der Waals surface area contributed by atoms with Gasteiger partial charge < -0.3 is 5.32 Å². The molecule has 0 atom stereocenters. The van der Waals surface area contributed by atoms with Gasteiger partial charge in [-0.2, -0.15) is 0 Å². The number of benzene rings is 1. The van der Waals surface area contributed by atoms with Crippen molar-refractivity contribution in [2.24, 2.45) is 0 Å². The topological polar surface area (TPSA) is 55.2 Å². The Hall–Kier alpha value is -1.59. The summed E-state index contributed by atoms with van der Waals surface area (Å²) in [6.45, 7) is 0.662. The van der Waals surface area contributed by atoms with Crippen molar-refractivity contribution < 1.29 is 4.92 Å². The van der Waals surface area contributed by atoms with E-state index < -0.39 is 4.92 Å². The molecule has 0 aliphatic carbocycles. The van der Waals surface area contributed by atoms with Crippen molar-refractivity contribution in [1.29, 1.82) is 0 Å². The lowest BCUT2D eigenvalue weighted by atomic mass is 10.3. The Morgan fingerprint density at radius 2 is 2.06 bits per heavy atom. The highest BCUT2D eigenvalue weighted by molar-refractivity contribution is 7.10. The second kappa shape index (κ2) is 5.16. The molecule has 0 fully saturated rings. The van der Waals surface area contributed by atoms with Gasteiger partial charge in [0.15, 0.2) is 0 Å². The Labute approximate surface area is 107 Å². The van der Waals surface area contributed by atoms with Crippen LogP contribution in [0, 0.1) is 10.1 Å². The highest BCUT2D eigenvalue weighted by Crippen LogP contribution is 2.21. The molecule has 1 heterocycles. The predicted molar refractivity (Wildman–Crippen MR) is 69.8 cm³/mol. The largest absolute Gasteiger partial charge is 0.380 e. The van der Waals surface area contributed by atoms with E-state index in [2.05, 4.69) is 5.32 Å². The standard InChI is InChI=1S/C11H9ClN2O2S/c12-8-5-11(17-7-8)6-13-9-1-3-10(4-2-9)14(15)16/h1-5,7,13H,6H2. The number of halogens is 1. The molecule has 0 saturated carbocycles. The Bertz CT molecular complexity index is 525. The third kappa shape index (κ3) is 3.18. The highest BCUT2D eigenvalue weighted by Gasteiger charge is 2.03. The molecule has 0 spiro atoms. The smallest absolute Gasteiger partial charge is 0.269 e. The van der Waals surface area contributed by atoms with E-state index in [4.69, 9.17) is 11.6 Å². The molecular weight excluding hydrogens is 260 g/mol. The molecule has 17 heavy (non-hydrogen) atoms. The zero-order chi connectivity index (χ0) is 12.3. The summed E-state index contributed by atoms with van der Waals surface area (Å²) in [6, 6.07) is 8.22. The van der Waals surface area contributed by atoms with E-state index in [9.17, 15) is 10.1 Å². The first-order valence-electron chi connectivity index (χ1n) is 4.86. The van der Waals surface area contributed by atoms with Crippen molar-refractivity contribution in [3.63, 3.8) is 0 Å². The summed E-state index contributed by atoms with van der Waals surface area (Å²) in [7, 11) is 0. The first-order chi connectivity index (χ1) is 8.15. The Morgan fingerprint density at radius 3 is 2.59 bits per heavy atom. The van der Waals surface area contributed by atoms with E-state index in [1.807, 2.05) is 11.4 Å². The number of thiophene rings is 1. The van der Waals surface area contributed by atoms with E-state index >= 15 is 0 Å². The summed E-state index contributed by atoms with van der Waals surface area (Å²) in [6.07, 6.45) is 0. The quantitative estimate of drug-likeness (QED) is 0.675. The van der Waals surface area contributed by atoms with Gasteiger partial charge >= 0.3 is 0 Å². The molecule has 2 rings (SSSR count). The zero-order valence-electron chi connectivity index (χ0n) is 8.72. The summed E-state index contributed by atoms with van der Waals surface area (Å²) in [5, 5.41) is 16.2. The predicted octanol–water partition coefficient (Wildman–Crippen LogP) is 3.92. The van der Waals surface area contributed by atoms with Crippen molar-refractivity contribution in [2.45, 2.75) is 6.54 Å². The molecule has 0 saturated heterocycles. The maximum atomic E-state index is 10.5. The molecule has 6 heteroatoms. The molecule has 4 nitrogen and oxygen atoms in total. The van der Waals surface area contributed by atoms with E-state index in [0.29, 0.717) is 6.54 Å². The summed E-state index contributed by atoms with van der Waals surface area (Å²) in [4.78, 5) is 11.2. The molecule has 1 N–H and O–H groups in total. The van der Waals surface area contributed by atoms with Crippen LogP contribution in [0.4, 0.5) is 11.4 Å². The molecule has 1 aromatic heterocycles. The van der Waals surface area contributed by atoms with Crippen molar-refractivity contribution >= 4 is 34.3 Å². The van der Waals surface area contributed by atoms with Gasteiger partial charge in [0.25, 0.3) is 5.69 Å². The van der Waals surface area contributed by atoms with Crippen LogP contribution in [0.2, 0.25) is 5.02 Å². The number of rotatable bonds is 4. The molecule has 0 unspecified atom stereocenters. The van der Waals surface area contributed by atoms with Gasteiger partial charge in [-0.25, -0.2) is 0 Å². The number of nitrogens with one attached hydrogen (secondary N) is 1. The Morgan fingerprint density at radius 1 is 1.35 bits per heavy atom. The van der Waals surface area contributed by atoms with E-state index in [1.165, 1.54) is 12.1 Å². The average molecular weight is 269 g/mol. The minimum atomic E-state index is -0.414. The van der Waals surface area contributed by atoms with Gasteiger partial charge in [-0.3, -0.25) is 10.1 Å². The van der Waals surface area contributed by atoms with Crippen LogP contribution in [-0.4, -0.2) is 4.92 Å². The van der Waals surface area contributed by atoms with E-state index in [-0.39, 0.29) is 5.69 Å². The minimum absolute atomic E-state index is 0.0923. The van der Waals surface area contributed by atoms with Crippen LogP contribution in [0.25, 0.3) is 0 Å². The molecule has 0 radical (unpaired) electrons. The molecular formula is C11H9ClN2O2S. The normalized spacial score (nSPS) is 10.2. The van der Waals surface area contributed by atoms with Gasteiger partial charge in [0.05, 0.1) is 9.95 Å². The molecule has 1 aromatic carbocycles. The SMILES string of the molecule is O=[N+]([O-])c1ccc(NCc2cc(Cl)cs2)cc1. The van der Waals surface area contributed by atoms with Crippen molar-refractivity contribution in [2.75, 3.05) is 5.32 Å². The molecule has 0 amide bonds. The summed E-state index contributed by atoms with van der Waals surface area (Å²) >= 11 is 7.38. The number of nitro benzene ring substituents is 1. The van der Waals surface area contributed by atoms with Gasteiger partial charge in [0.1, 0.15) is 0 Å². The number of hydrogen-bond donors (Lipinski definition) is 1. The van der Waals surface area contributed by atoms with Crippen LogP contribution in [-0.2, 0) is 6.54 Å². The highest BCUT2D eigenvalue weighted by atomic mass is 35.5. The van der Waals surface area contributed by atoms with Crippen molar-refractivity contribution in [1.82, 2.24) is 0 Å². The van der Waals surface area contributed by atoms with Gasteiger partial charge in [-0.1, -0.05) is 11.6 Å². The zero-order valence-corrected chi connectivity index (χ0v) is 10.3. The van der Waals surface area contributed by atoms with Gasteiger partial charge in [-0.15, -0.1) is 11.3 Å². The summed E-state index contributed by atoms with van der Waals surface area (Å²) in [5.74, 6) is 0. The lowest BCUT2D eigenvalue weighted by molar-refractivity contribution is -0.384. The average Bonchev–Trinajstić information content (AvgIpc) is 2.73. The lowest BCUT2D eigenvalue weighted by Gasteiger charge is -2.03.